The van der Waals surface area contributed by atoms with Crippen LogP contribution in [-0.4, -0.2) is 14.5 Å². The summed E-state index contributed by atoms with van der Waals surface area (Å²) in [5, 5.41) is 12.3. The van der Waals surface area contributed by atoms with E-state index in [0.29, 0.717) is 32.2 Å². The van der Waals surface area contributed by atoms with Crippen molar-refractivity contribution in [3.05, 3.63) is 143 Å². The molecule has 4 heterocycles. The van der Waals surface area contributed by atoms with Crippen LogP contribution in [0.2, 0.25) is 0 Å². The number of para-hydroxylation sites is 1. The lowest BCUT2D eigenvalue weighted by Crippen LogP contribution is -2.38. The number of aryl methyl sites for hydroxylation is 1. The Bertz CT molecular complexity index is 2280. The van der Waals surface area contributed by atoms with Crippen LogP contribution in [0.5, 0.6) is 0 Å². The van der Waals surface area contributed by atoms with Crippen molar-refractivity contribution in [1.82, 2.24) is 9.55 Å². The van der Waals surface area contributed by atoms with E-state index in [1.807, 2.05) is 54.6 Å². The monoisotopic (exact) mass is 620 g/mol. The molecule has 0 spiro atoms. The standard InChI is InChI=1S/C32H20N4O4S3/c37-30-26(17-21-13-15-27(40-21)43-32-33-24-10-3-4-11-25(24)42-32)41-31-34-28-22-9-2-1-6-18(22)12-14-23(28)29(35(30)31)19-7-5-8-20(16-19)36(38)39/h1-11,13,15-17,29H,12,14H2/b26-17-/t29-/m0/s1. The average molecular weight is 621 g/mol. The number of nitrogens with zero attached hydrogens (tertiary/aromatic N) is 4. The normalized spacial score (nSPS) is 16.1. The molecule has 0 bridgehead atoms. The molecule has 0 saturated carbocycles. The summed E-state index contributed by atoms with van der Waals surface area (Å²) in [4.78, 5) is 35.5. The first kappa shape index (κ1) is 26.1. The van der Waals surface area contributed by atoms with Gasteiger partial charge in [0.1, 0.15) is 5.76 Å². The molecule has 8 rings (SSSR count). The largest absolute Gasteiger partial charge is 0.450 e. The van der Waals surface area contributed by atoms with Crippen LogP contribution in [0.4, 0.5) is 5.69 Å². The topological polar surface area (TPSA) is 104 Å². The van der Waals surface area contributed by atoms with Crippen LogP contribution < -0.4 is 14.9 Å². The minimum Gasteiger partial charge on any atom is -0.450 e. The van der Waals surface area contributed by atoms with Crippen molar-refractivity contribution in [1.29, 1.82) is 0 Å². The Kier molecular flexibility index (Phi) is 6.25. The second-order valence-corrected chi connectivity index (χ2v) is 13.5. The first-order chi connectivity index (χ1) is 21.0. The van der Waals surface area contributed by atoms with E-state index < -0.39 is 11.0 Å². The molecule has 11 heteroatoms. The fourth-order valence-corrected chi connectivity index (χ4v) is 8.66. The minimum atomic E-state index is -0.497. The van der Waals surface area contributed by atoms with Gasteiger partial charge in [-0.3, -0.25) is 19.5 Å². The SMILES string of the molecule is O=c1/c(=C/c2ccc(Sc3nc4ccccc4s3)o2)sc2n1[C@@H](c1cccc([N+](=O)[O-])c1)C1=C(N=2)c2ccccc2CC1. The van der Waals surface area contributed by atoms with Crippen molar-refractivity contribution in [3.8, 4) is 0 Å². The Balaban J connectivity index is 1.23. The van der Waals surface area contributed by atoms with Crippen LogP contribution >= 0.6 is 34.4 Å². The zero-order chi connectivity index (χ0) is 29.1. The molecule has 3 aromatic heterocycles. The van der Waals surface area contributed by atoms with Crippen LogP contribution in [0.3, 0.4) is 0 Å². The molecule has 0 unspecified atom stereocenters. The second-order valence-electron chi connectivity index (χ2n) is 10.2. The Labute approximate surface area is 256 Å². The van der Waals surface area contributed by atoms with E-state index in [2.05, 4.69) is 17.1 Å². The number of furan rings is 1. The number of nitro benzene ring substituents is 1. The molecule has 1 aliphatic carbocycles. The molecule has 0 radical (unpaired) electrons. The third-order valence-corrected chi connectivity index (χ3v) is 10.6. The quantitative estimate of drug-likeness (QED) is 0.159. The minimum absolute atomic E-state index is 0.0104. The van der Waals surface area contributed by atoms with Gasteiger partial charge >= 0.3 is 0 Å². The highest BCUT2D eigenvalue weighted by Gasteiger charge is 2.33. The molecule has 1 atom stereocenters. The number of hydrogen-bond acceptors (Lipinski definition) is 9. The molecular formula is C32H20N4O4S3. The fourth-order valence-electron chi connectivity index (χ4n) is 5.71. The highest BCUT2D eigenvalue weighted by atomic mass is 32.2. The number of nitro groups is 1. The maximum atomic E-state index is 14.0. The predicted octanol–water partition coefficient (Wildman–Crippen LogP) is 6.58. The van der Waals surface area contributed by atoms with Gasteiger partial charge in [0.15, 0.2) is 14.2 Å². The summed E-state index contributed by atoms with van der Waals surface area (Å²) >= 11 is 4.34. The van der Waals surface area contributed by atoms with Gasteiger partial charge in [-0.2, -0.15) is 0 Å². The van der Waals surface area contributed by atoms with Gasteiger partial charge in [0.05, 0.1) is 31.4 Å². The lowest BCUT2D eigenvalue weighted by Gasteiger charge is -2.30. The van der Waals surface area contributed by atoms with Gasteiger partial charge in [-0.1, -0.05) is 59.9 Å². The second kappa shape index (κ2) is 10.3. The van der Waals surface area contributed by atoms with Crippen molar-refractivity contribution < 1.29 is 9.34 Å². The molecule has 210 valence electrons. The van der Waals surface area contributed by atoms with Crippen LogP contribution in [-0.2, 0) is 6.42 Å². The Morgan fingerprint density at radius 2 is 1.86 bits per heavy atom. The molecule has 43 heavy (non-hydrogen) atoms. The zero-order valence-electron chi connectivity index (χ0n) is 22.3. The van der Waals surface area contributed by atoms with Gasteiger partial charge in [0.2, 0.25) is 0 Å². The molecule has 6 aromatic rings. The van der Waals surface area contributed by atoms with Crippen molar-refractivity contribution in [2.75, 3.05) is 0 Å². The van der Waals surface area contributed by atoms with Gasteiger partial charge in [0.25, 0.3) is 11.2 Å². The van der Waals surface area contributed by atoms with Crippen molar-refractivity contribution >= 4 is 62.1 Å². The Hall–Kier alpha value is -4.58. The first-order valence-electron chi connectivity index (χ1n) is 13.5. The first-order valence-corrected chi connectivity index (χ1v) is 16.0. The predicted molar refractivity (Wildman–Crippen MR) is 168 cm³/mol. The molecule has 1 aliphatic heterocycles. The summed E-state index contributed by atoms with van der Waals surface area (Å²) in [5.74, 6) is 0.551. The number of hydrogen-bond donors (Lipinski definition) is 0. The van der Waals surface area contributed by atoms with Crippen LogP contribution in [0.25, 0.3) is 22.0 Å². The zero-order valence-corrected chi connectivity index (χ0v) is 24.7. The molecule has 0 fully saturated rings. The molecule has 0 N–H and O–H groups in total. The molecule has 0 amide bonds. The Morgan fingerprint density at radius 3 is 2.74 bits per heavy atom. The van der Waals surface area contributed by atoms with Gasteiger partial charge in [-0.05, 0) is 65.6 Å². The number of non-ortho nitro benzene ring substituents is 1. The number of thiazole rings is 2. The number of benzene rings is 3. The number of rotatable bonds is 5. The maximum Gasteiger partial charge on any atom is 0.271 e. The summed E-state index contributed by atoms with van der Waals surface area (Å²) in [5.41, 5.74) is 5.51. The van der Waals surface area contributed by atoms with Crippen LogP contribution in [0.15, 0.2) is 114 Å². The molecule has 8 nitrogen and oxygen atoms in total. The Morgan fingerprint density at radius 1 is 1.00 bits per heavy atom. The summed E-state index contributed by atoms with van der Waals surface area (Å²) < 4.78 is 10.2. The molecular weight excluding hydrogens is 601 g/mol. The van der Waals surface area contributed by atoms with Crippen molar-refractivity contribution in [3.63, 3.8) is 0 Å². The maximum absolute atomic E-state index is 14.0. The average Bonchev–Trinajstić information content (AvgIpc) is 3.73. The van der Waals surface area contributed by atoms with Gasteiger partial charge < -0.3 is 4.42 Å². The summed E-state index contributed by atoms with van der Waals surface area (Å²) in [6, 6.07) is 25.9. The summed E-state index contributed by atoms with van der Waals surface area (Å²) in [6.45, 7) is 0. The van der Waals surface area contributed by atoms with Crippen LogP contribution in [0.1, 0.15) is 34.9 Å². The van der Waals surface area contributed by atoms with E-state index >= 15 is 0 Å². The fraction of sp³-hybridized carbons (Fsp3) is 0.0938. The van der Waals surface area contributed by atoms with E-state index in [9.17, 15) is 14.9 Å². The van der Waals surface area contributed by atoms with E-state index in [0.717, 1.165) is 37.8 Å². The molecule has 2 aliphatic rings. The third-order valence-electron chi connectivity index (χ3n) is 7.61. The highest BCUT2D eigenvalue weighted by Crippen LogP contribution is 2.42. The van der Waals surface area contributed by atoms with E-state index in [1.54, 1.807) is 34.1 Å². The third kappa shape index (κ3) is 4.56. The number of allylic oxidation sites excluding steroid dienone is 1. The number of fused-ring (bicyclic) bond motifs is 4. The van der Waals surface area contributed by atoms with Gasteiger partial charge in [0, 0.05) is 23.8 Å². The highest BCUT2D eigenvalue weighted by molar-refractivity contribution is 8.01. The summed E-state index contributed by atoms with van der Waals surface area (Å²) in [6.07, 6.45) is 3.26. The lowest BCUT2D eigenvalue weighted by molar-refractivity contribution is -0.384. The van der Waals surface area contributed by atoms with E-state index in [-0.39, 0.29) is 11.2 Å². The van der Waals surface area contributed by atoms with E-state index in [4.69, 9.17) is 9.41 Å². The lowest BCUT2D eigenvalue weighted by atomic mass is 9.83. The van der Waals surface area contributed by atoms with E-state index in [1.165, 1.54) is 34.7 Å². The molecule has 0 saturated heterocycles. The smallest absolute Gasteiger partial charge is 0.271 e. The summed E-state index contributed by atoms with van der Waals surface area (Å²) in [7, 11) is 0. The number of aromatic nitrogens is 2. The van der Waals surface area contributed by atoms with Crippen molar-refractivity contribution in [2.24, 2.45) is 4.99 Å². The van der Waals surface area contributed by atoms with Gasteiger partial charge in [-0.25, -0.2) is 9.98 Å². The van der Waals surface area contributed by atoms with Crippen LogP contribution in [0, 0.1) is 10.1 Å². The van der Waals surface area contributed by atoms with Gasteiger partial charge in [-0.15, -0.1) is 11.3 Å². The molecule has 3 aromatic carbocycles. The van der Waals surface area contributed by atoms with Crippen molar-refractivity contribution in [2.45, 2.75) is 28.3 Å².